The minimum Gasteiger partial charge on any atom is -0.393 e. The highest BCUT2D eigenvalue weighted by atomic mass is 35.5. The molecule has 1 saturated heterocycles. The second-order valence-corrected chi connectivity index (χ2v) is 12.0. The Morgan fingerprint density at radius 2 is 1.90 bits per heavy atom. The second kappa shape index (κ2) is 13.1. The number of aryl methyl sites for hydroxylation is 1. The van der Waals surface area contributed by atoms with E-state index in [4.69, 9.17) is 11.6 Å². The van der Waals surface area contributed by atoms with Gasteiger partial charge in [0.15, 0.2) is 0 Å². The number of allylic oxidation sites excluding steroid dienone is 3. The predicted molar refractivity (Wildman–Crippen MR) is 165 cm³/mol. The van der Waals surface area contributed by atoms with E-state index < -0.39 is 0 Å². The Morgan fingerprint density at radius 1 is 1.15 bits per heavy atom. The molecule has 4 rings (SSSR count). The Bertz CT molecular complexity index is 1210. The first-order valence-electron chi connectivity index (χ1n) is 14.5. The van der Waals surface area contributed by atoms with Gasteiger partial charge in [-0.05, 0) is 92.4 Å². The smallest absolute Gasteiger partial charge is 0.220 e. The number of fused-ring (bicyclic) bond motifs is 2. The van der Waals surface area contributed by atoms with Crippen LogP contribution in [0.15, 0.2) is 72.8 Å². The third kappa shape index (κ3) is 7.02. The van der Waals surface area contributed by atoms with Crippen molar-refractivity contribution in [3.63, 3.8) is 0 Å². The number of piperidine rings is 1. The number of aliphatic hydroxyl groups is 1. The first-order chi connectivity index (χ1) is 19.0. The van der Waals surface area contributed by atoms with Crippen molar-refractivity contribution < 1.29 is 9.90 Å². The van der Waals surface area contributed by atoms with E-state index in [-0.39, 0.29) is 18.1 Å². The van der Waals surface area contributed by atoms with Gasteiger partial charge in [-0.25, -0.2) is 0 Å². The minimum atomic E-state index is -0.229. The summed E-state index contributed by atoms with van der Waals surface area (Å²) in [5, 5.41) is 13.6. The molecule has 2 N–H and O–H groups in total. The molecule has 0 aromatic heterocycles. The quantitative estimate of drug-likeness (QED) is 0.481. The minimum absolute atomic E-state index is 0.0243. The standard InChI is InChI=1S/C33H45ClN4O2/c1-22(27-19-29(39)20-27)18-33-36(5)16-14-35-32(40)13-11-26-10-12-28(34)21-30(26)25(4)38-15-8-7-9-31(38)23(2)17-24(3)37(33)6/h10,12,17-18,21,27,29,31,39H,1-2,4,7-9,11,13-16,19-20H2,3,5-6H3,(H,35,40)/b24-17-,33-18-. The maximum atomic E-state index is 12.8. The Morgan fingerprint density at radius 3 is 2.62 bits per heavy atom. The summed E-state index contributed by atoms with van der Waals surface area (Å²) in [7, 11) is 4.10. The molecular formula is C33H45ClN4O2. The molecule has 0 spiro atoms. The van der Waals surface area contributed by atoms with Gasteiger partial charge >= 0.3 is 0 Å². The van der Waals surface area contributed by atoms with Gasteiger partial charge in [0.1, 0.15) is 5.82 Å². The molecule has 2 aliphatic heterocycles. The Kier molecular flexibility index (Phi) is 9.85. The van der Waals surface area contributed by atoms with Crippen LogP contribution in [-0.2, 0) is 11.2 Å². The van der Waals surface area contributed by atoms with Crippen molar-refractivity contribution >= 4 is 23.2 Å². The fourth-order valence-electron chi connectivity index (χ4n) is 5.92. The first-order valence-corrected chi connectivity index (χ1v) is 14.8. The molecule has 3 aliphatic rings. The second-order valence-electron chi connectivity index (χ2n) is 11.5. The zero-order valence-corrected chi connectivity index (χ0v) is 25.1. The van der Waals surface area contributed by atoms with Crippen LogP contribution in [0.2, 0.25) is 5.02 Å². The zero-order chi connectivity index (χ0) is 29.0. The number of benzene rings is 1. The monoisotopic (exact) mass is 564 g/mol. The summed E-state index contributed by atoms with van der Waals surface area (Å²) in [6.45, 7) is 17.6. The van der Waals surface area contributed by atoms with Crippen LogP contribution in [0.5, 0.6) is 0 Å². The molecular weight excluding hydrogens is 520 g/mol. The number of aliphatic hydroxyl groups excluding tert-OH is 1. The lowest BCUT2D eigenvalue weighted by Gasteiger charge is -2.40. The van der Waals surface area contributed by atoms with Crippen molar-refractivity contribution in [2.24, 2.45) is 5.92 Å². The van der Waals surface area contributed by atoms with E-state index in [2.05, 4.69) is 65.9 Å². The lowest BCUT2D eigenvalue weighted by molar-refractivity contribution is -0.121. The van der Waals surface area contributed by atoms with Gasteiger partial charge in [-0.2, -0.15) is 0 Å². The summed E-state index contributed by atoms with van der Waals surface area (Å²) < 4.78 is 0. The molecule has 216 valence electrons. The molecule has 2 fully saturated rings. The summed E-state index contributed by atoms with van der Waals surface area (Å²) in [6.07, 6.45) is 9.85. The summed E-state index contributed by atoms with van der Waals surface area (Å²) >= 11 is 6.44. The molecule has 1 saturated carbocycles. The van der Waals surface area contributed by atoms with Gasteiger partial charge in [0.05, 0.1) is 12.1 Å². The van der Waals surface area contributed by atoms with E-state index in [0.717, 1.165) is 78.1 Å². The molecule has 1 atom stereocenters. The average Bonchev–Trinajstić information content (AvgIpc) is 2.91. The normalized spacial score (nSPS) is 27.7. The highest BCUT2D eigenvalue weighted by molar-refractivity contribution is 6.30. The van der Waals surface area contributed by atoms with E-state index in [0.29, 0.717) is 36.9 Å². The Hall–Kier alpha value is -2.96. The molecule has 1 aromatic rings. The highest BCUT2D eigenvalue weighted by Gasteiger charge is 2.30. The first kappa shape index (κ1) is 30.0. The third-order valence-electron chi connectivity index (χ3n) is 8.66. The zero-order valence-electron chi connectivity index (χ0n) is 24.4. The number of rotatable bonds is 2. The summed E-state index contributed by atoms with van der Waals surface area (Å²) in [6, 6.07) is 6.03. The number of hydrogen-bond donors (Lipinski definition) is 2. The molecule has 2 heterocycles. The van der Waals surface area contributed by atoms with Crippen molar-refractivity contribution in [3.8, 4) is 0 Å². The van der Waals surface area contributed by atoms with E-state index >= 15 is 0 Å². The van der Waals surface area contributed by atoms with E-state index in [1.54, 1.807) is 0 Å². The van der Waals surface area contributed by atoms with Gasteiger partial charge in [0, 0.05) is 62.1 Å². The van der Waals surface area contributed by atoms with Crippen molar-refractivity contribution in [2.45, 2.75) is 64.0 Å². The van der Waals surface area contributed by atoms with Crippen LogP contribution < -0.4 is 5.32 Å². The molecule has 0 bridgehead atoms. The van der Waals surface area contributed by atoms with E-state index in [1.807, 2.05) is 25.2 Å². The van der Waals surface area contributed by atoms with Gasteiger partial charge < -0.3 is 25.1 Å². The van der Waals surface area contributed by atoms with Gasteiger partial charge in [-0.1, -0.05) is 37.4 Å². The Labute approximate surface area is 245 Å². The summed E-state index contributed by atoms with van der Waals surface area (Å²) in [5.74, 6) is 1.32. The maximum Gasteiger partial charge on any atom is 0.220 e. The fourth-order valence-corrected chi connectivity index (χ4v) is 6.10. The number of likely N-dealkylation sites (N-methyl/N-ethyl adjacent to an activating group) is 1. The fraction of sp³-hybridized carbons (Fsp3) is 0.485. The topological polar surface area (TPSA) is 59.1 Å². The van der Waals surface area contributed by atoms with Crippen molar-refractivity contribution in [3.05, 3.63) is 88.9 Å². The van der Waals surface area contributed by atoms with Crippen LogP contribution in [-0.4, -0.2) is 71.6 Å². The summed E-state index contributed by atoms with van der Waals surface area (Å²) in [5.41, 5.74) is 6.16. The van der Waals surface area contributed by atoms with Crippen molar-refractivity contribution in [2.75, 3.05) is 33.7 Å². The molecule has 1 aromatic carbocycles. The molecule has 6 nitrogen and oxygen atoms in total. The lowest BCUT2D eigenvalue weighted by atomic mass is 9.77. The van der Waals surface area contributed by atoms with Gasteiger partial charge in [-0.3, -0.25) is 4.79 Å². The van der Waals surface area contributed by atoms with Gasteiger partial charge in [-0.15, -0.1) is 0 Å². The molecule has 1 unspecified atom stereocenters. The van der Waals surface area contributed by atoms with Crippen LogP contribution in [0.25, 0.3) is 5.70 Å². The molecule has 40 heavy (non-hydrogen) atoms. The van der Waals surface area contributed by atoms with Crippen molar-refractivity contribution in [1.29, 1.82) is 0 Å². The lowest BCUT2D eigenvalue weighted by Crippen LogP contribution is -2.39. The van der Waals surface area contributed by atoms with Crippen molar-refractivity contribution in [1.82, 2.24) is 20.0 Å². The van der Waals surface area contributed by atoms with Gasteiger partial charge in [0.25, 0.3) is 0 Å². The van der Waals surface area contributed by atoms with E-state index in [9.17, 15) is 9.90 Å². The van der Waals surface area contributed by atoms with E-state index in [1.165, 1.54) is 0 Å². The Balaban J connectivity index is 1.69. The maximum absolute atomic E-state index is 12.8. The highest BCUT2D eigenvalue weighted by Crippen LogP contribution is 2.36. The van der Waals surface area contributed by atoms with Crippen LogP contribution in [0, 0.1) is 5.92 Å². The molecule has 7 heteroatoms. The summed E-state index contributed by atoms with van der Waals surface area (Å²) in [4.78, 5) is 19.5. The molecule has 0 radical (unpaired) electrons. The van der Waals surface area contributed by atoms with Gasteiger partial charge in [0.2, 0.25) is 5.91 Å². The molecule has 1 amide bonds. The predicted octanol–water partition coefficient (Wildman–Crippen LogP) is 5.72. The SMILES string of the molecule is C=C(/C=C1/N(C)CCNC(=O)CCc2ccc(Cl)cc2C(=C)N2CCCCC2C(=C)/C=C(/C)N1C)C1CC(O)C1. The number of hydrogen-bond acceptors (Lipinski definition) is 5. The number of nitrogens with one attached hydrogen (secondary N) is 1. The average molecular weight is 565 g/mol. The number of carbonyl (C=O) groups excluding carboxylic acids is 1. The number of amides is 1. The molecule has 1 aliphatic carbocycles. The van der Waals surface area contributed by atoms with Crippen LogP contribution in [0.3, 0.4) is 0 Å². The number of nitrogens with zero attached hydrogens (tertiary/aromatic N) is 3. The number of halogens is 1. The van der Waals surface area contributed by atoms with Crippen LogP contribution in [0.4, 0.5) is 0 Å². The third-order valence-corrected chi connectivity index (χ3v) is 8.90. The van der Waals surface area contributed by atoms with Crippen LogP contribution >= 0.6 is 11.6 Å². The number of carbonyl (C=O) groups is 1. The van der Waals surface area contributed by atoms with Crippen LogP contribution in [0.1, 0.15) is 56.6 Å². The largest absolute Gasteiger partial charge is 0.393 e.